The molecule has 1 atom stereocenters. The first-order valence-electron chi connectivity index (χ1n) is 6.42. The van der Waals surface area contributed by atoms with Crippen molar-refractivity contribution in [1.82, 2.24) is 20.5 Å². The number of carbonyl (C=O) groups excluding carboxylic acids is 1. The van der Waals surface area contributed by atoms with Crippen LogP contribution >= 0.6 is 11.3 Å². The number of aromatic nitrogens is 3. The van der Waals surface area contributed by atoms with Crippen molar-refractivity contribution < 1.29 is 4.79 Å². The van der Waals surface area contributed by atoms with Crippen LogP contribution in [0.5, 0.6) is 0 Å². The van der Waals surface area contributed by atoms with Gasteiger partial charge in [0.25, 0.3) is 5.91 Å². The van der Waals surface area contributed by atoms with Crippen LogP contribution in [0.3, 0.4) is 0 Å². The number of pyridine rings is 1. The monoisotopic (exact) mass is 297 g/mol. The topological polar surface area (TPSA) is 82.7 Å². The van der Waals surface area contributed by atoms with E-state index in [-0.39, 0.29) is 12.1 Å². The van der Waals surface area contributed by atoms with Crippen LogP contribution in [0, 0.1) is 0 Å². The second-order valence-corrected chi connectivity index (χ2v) is 5.58. The van der Waals surface area contributed by atoms with Gasteiger partial charge in [-0.3, -0.25) is 9.89 Å². The number of carbonyl (C=O) groups is 1. The van der Waals surface area contributed by atoms with E-state index in [4.69, 9.17) is 0 Å². The molecule has 3 N–H and O–H groups in total. The number of H-pyrrole nitrogens is 1. The number of fused-ring (bicyclic) bond motifs is 1. The highest BCUT2D eigenvalue weighted by molar-refractivity contribution is 7.13. The molecule has 104 valence electrons. The summed E-state index contributed by atoms with van der Waals surface area (Å²) in [5, 5.41) is 15.3. The van der Waals surface area contributed by atoms with Crippen LogP contribution in [0.25, 0.3) is 10.6 Å². The second-order valence-electron chi connectivity index (χ2n) is 4.63. The number of nitrogens with one attached hydrogen (secondary N) is 3. The van der Waals surface area contributed by atoms with Crippen LogP contribution in [-0.4, -0.2) is 21.1 Å². The molecule has 1 unspecified atom stereocenters. The van der Waals surface area contributed by atoms with E-state index in [9.17, 15) is 4.79 Å². The van der Waals surface area contributed by atoms with Gasteiger partial charge in [0.1, 0.15) is 12.0 Å². The Balaban J connectivity index is 1.74. The zero-order chi connectivity index (χ0) is 14.2. The quantitative estimate of drug-likeness (QED) is 0.678. The lowest BCUT2D eigenvalue weighted by Crippen LogP contribution is -2.38. The summed E-state index contributed by atoms with van der Waals surface area (Å²) < 4.78 is 0. The SMILES string of the molecule is O=C1NC(c2cn[nH]c2-c2cccs2)Nc2ncccc21. The molecule has 1 amide bonds. The molecule has 0 saturated heterocycles. The molecular weight excluding hydrogens is 286 g/mol. The van der Waals surface area contributed by atoms with E-state index < -0.39 is 0 Å². The lowest BCUT2D eigenvalue weighted by Gasteiger charge is -2.26. The van der Waals surface area contributed by atoms with Gasteiger partial charge in [0.05, 0.1) is 22.3 Å². The standard InChI is InChI=1S/C14H11N5OS/c20-14-8-3-1-5-15-12(8)17-13(18-14)9-7-16-19-11(9)10-4-2-6-21-10/h1-7,13H,(H,15,17)(H,16,19)(H,18,20). The summed E-state index contributed by atoms with van der Waals surface area (Å²) in [5.41, 5.74) is 2.35. The Morgan fingerprint density at radius 1 is 1.19 bits per heavy atom. The molecule has 0 bridgehead atoms. The molecule has 1 aliphatic rings. The van der Waals surface area contributed by atoms with E-state index in [0.29, 0.717) is 11.4 Å². The van der Waals surface area contributed by atoms with Crippen molar-refractivity contribution in [2.24, 2.45) is 0 Å². The van der Waals surface area contributed by atoms with E-state index in [1.54, 1.807) is 35.9 Å². The van der Waals surface area contributed by atoms with Gasteiger partial charge < -0.3 is 10.6 Å². The van der Waals surface area contributed by atoms with E-state index in [1.807, 2.05) is 17.5 Å². The van der Waals surface area contributed by atoms with Crippen LogP contribution in [0.1, 0.15) is 22.1 Å². The minimum atomic E-state index is -0.351. The summed E-state index contributed by atoms with van der Waals surface area (Å²) in [7, 11) is 0. The van der Waals surface area contributed by atoms with Gasteiger partial charge in [0, 0.05) is 11.8 Å². The zero-order valence-corrected chi connectivity index (χ0v) is 11.6. The Morgan fingerprint density at radius 3 is 3.00 bits per heavy atom. The fourth-order valence-corrected chi connectivity index (χ4v) is 3.12. The van der Waals surface area contributed by atoms with Gasteiger partial charge in [0.2, 0.25) is 0 Å². The lowest BCUT2D eigenvalue weighted by molar-refractivity contribution is 0.0935. The number of anilines is 1. The number of hydrogen-bond acceptors (Lipinski definition) is 5. The highest BCUT2D eigenvalue weighted by Crippen LogP contribution is 2.32. The van der Waals surface area contributed by atoms with Crippen molar-refractivity contribution in [2.45, 2.75) is 6.17 Å². The molecule has 3 aromatic rings. The molecule has 0 radical (unpaired) electrons. The Hall–Kier alpha value is -2.67. The fraction of sp³-hybridized carbons (Fsp3) is 0.0714. The predicted molar refractivity (Wildman–Crippen MR) is 80.0 cm³/mol. The first-order chi connectivity index (χ1) is 10.3. The summed E-state index contributed by atoms with van der Waals surface area (Å²) >= 11 is 1.62. The second kappa shape index (κ2) is 4.71. The summed E-state index contributed by atoms with van der Waals surface area (Å²) in [6.07, 6.45) is 3.04. The molecule has 0 saturated carbocycles. The molecule has 0 spiro atoms. The maximum atomic E-state index is 12.2. The average molecular weight is 297 g/mol. The molecule has 3 aromatic heterocycles. The minimum Gasteiger partial charge on any atom is -0.345 e. The van der Waals surface area contributed by atoms with Crippen LogP contribution in [-0.2, 0) is 0 Å². The molecule has 0 fully saturated rings. The van der Waals surface area contributed by atoms with E-state index in [2.05, 4.69) is 25.8 Å². The normalized spacial score (nSPS) is 17.0. The molecule has 1 aliphatic heterocycles. The first-order valence-corrected chi connectivity index (χ1v) is 7.30. The molecule has 0 aromatic carbocycles. The molecule has 21 heavy (non-hydrogen) atoms. The Kier molecular flexibility index (Phi) is 2.71. The molecule has 4 heterocycles. The maximum absolute atomic E-state index is 12.2. The molecule has 4 rings (SSSR count). The van der Waals surface area contributed by atoms with Crippen molar-refractivity contribution in [1.29, 1.82) is 0 Å². The van der Waals surface area contributed by atoms with Crippen LogP contribution in [0.4, 0.5) is 5.82 Å². The number of nitrogens with zero attached hydrogens (tertiary/aromatic N) is 2. The average Bonchev–Trinajstić information content (AvgIpc) is 3.18. The van der Waals surface area contributed by atoms with Crippen LogP contribution in [0.15, 0.2) is 42.0 Å². The Labute approximate surface area is 124 Å². The lowest BCUT2D eigenvalue weighted by atomic mass is 10.1. The van der Waals surface area contributed by atoms with Gasteiger partial charge in [-0.15, -0.1) is 11.3 Å². The van der Waals surface area contributed by atoms with Crippen molar-refractivity contribution >= 4 is 23.1 Å². The van der Waals surface area contributed by atoms with Crippen molar-refractivity contribution in [3.8, 4) is 10.6 Å². The van der Waals surface area contributed by atoms with Crippen molar-refractivity contribution in [2.75, 3.05) is 5.32 Å². The molecule has 0 aliphatic carbocycles. The summed E-state index contributed by atoms with van der Waals surface area (Å²) in [4.78, 5) is 17.5. The third kappa shape index (κ3) is 1.98. The zero-order valence-electron chi connectivity index (χ0n) is 10.8. The third-order valence-electron chi connectivity index (χ3n) is 3.36. The van der Waals surface area contributed by atoms with Gasteiger partial charge in [-0.2, -0.15) is 5.10 Å². The smallest absolute Gasteiger partial charge is 0.256 e. The molecule has 7 heteroatoms. The number of aromatic amines is 1. The van der Waals surface area contributed by atoms with E-state index in [1.165, 1.54) is 0 Å². The van der Waals surface area contributed by atoms with Crippen molar-refractivity contribution in [3.63, 3.8) is 0 Å². The number of rotatable bonds is 2. The van der Waals surface area contributed by atoms with Crippen LogP contribution in [0.2, 0.25) is 0 Å². The third-order valence-corrected chi connectivity index (χ3v) is 4.24. The van der Waals surface area contributed by atoms with Gasteiger partial charge in [-0.25, -0.2) is 4.98 Å². The summed E-state index contributed by atoms with van der Waals surface area (Å²) in [6.45, 7) is 0. The highest BCUT2D eigenvalue weighted by atomic mass is 32.1. The minimum absolute atomic E-state index is 0.139. The van der Waals surface area contributed by atoms with Gasteiger partial charge in [0.15, 0.2) is 0 Å². The summed E-state index contributed by atoms with van der Waals surface area (Å²) in [5.74, 6) is 0.449. The highest BCUT2D eigenvalue weighted by Gasteiger charge is 2.28. The maximum Gasteiger partial charge on any atom is 0.256 e. The molecular formula is C14H11N5OS. The van der Waals surface area contributed by atoms with Gasteiger partial charge in [-0.1, -0.05) is 6.07 Å². The Morgan fingerprint density at radius 2 is 2.14 bits per heavy atom. The first kappa shape index (κ1) is 12.1. The molecule has 6 nitrogen and oxygen atoms in total. The summed E-state index contributed by atoms with van der Waals surface area (Å²) in [6, 6.07) is 7.48. The number of thiophene rings is 1. The Bertz CT molecular complexity index is 795. The van der Waals surface area contributed by atoms with Crippen LogP contribution < -0.4 is 10.6 Å². The van der Waals surface area contributed by atoms with Gasteiger partial charge in [-0.05, 0) is 23.6 Å². The number of hydrogen-bond donors (Lipinski definition) is 3. The van der Waals surface area contributed by atoms with E-state index >= 15 is 0 Å². The fourth-order valence-electron chi connectivity index (χ4n) is 2.37. The van der Waals surface area contributed by atoms with Crippen molar-refractivity contribution in [3.05, 3.63) is 53.2 Å². The number of amides is 1. The van der Waals surface area contributed by atoms with E-state index in [0.717, 1.165) is 16.1 Å². The van der Waals surface area contributed by atoms with Gasteiger partial charge >= 0.3 is 0 Å². The largest absolute Gasteiger partial charge is 0.345 e. The predicted octanol–water partition coefficient (Wildman–Crippen LogP) is 2.39.